The molecule has 1 unspecified atom stereocenters. The summed E-state index contributed by atoms with van der Waals surface area (Å²) in [7, 11) is 0. The predicted molar refractivity (Wildman–Crippen MR) is 83.3 cm³/mol. The molecule has 1 atom stereocenters. The Labute approximate surface area is 126 Å². The Bertz CT molecular complexity index is 535. The van der Waals surface area contributed by atoms with Gasteiger partial charge in [0.2, 0.25) is 0 Å². The van der Waals surface area contributed by atoms with E-state index in [-0.39, 0.29) is 17.7 Å². The zero-order chi connectivity index (χ0) is 15.6. The van der Waals surface area contributed by atoms with Crippen LogP contribution in [0.25, 0.3) is 0 Å². The number of urea groups is 1. The fraction of sp³-hybridized carbons (Fsp3) is 0.562. The van der Waals surface area contributed by atoms with Crippen molar-refractivity contribution >= 4 is 11.7 Å². The van der Waals surface area contributed by atoms with Crippen molar-refractivity contribution in [2.45, 2.75) is 52.7 Å². The molecule has 2 N–H and O–H groups in total. The fourth-order valence-corrected chi connectivity index (χ4v) is 2.31. The van der Waals surface area contributed by atoms with Gasteiger partial charge in [0.05, 0.1) is 12.3 Å². The molecule has 0 aromatic heterocycles. The van der Waals surface area contributed by atoms with Crippen molar-refractivity contribution in [3.63, 3.8) is 0 Å². The molecule has 5 heteroatoms. The molecule has 0 aliphatic carbocycles. The summed E-state index contributed by atoms with van der Waals surface area (Å²) in [6, 6.07) is 3.54. The summed E-state index contributed by atoms with van der Waals surface area (Å²) in [6.45, 7) is 10.3. The van der Waals surface area contributed by atoms with E-state index < -0.39 is 0 Å². The minimum atomic E-state index is -0.294. The van der Waals surface area contributed by atoms with Gasteiger partial charge in [-0.25, -0.2) is 4.79 Å². The van der Waals surface area contributed by atoms with Crippen LogP contribution in [-0.2, 0) is 6.42 Å². The maximum Gasteiger partial charge on any atom is 0.319 e. The van der Waals surface area contributed by atoms with Gasteiger partial charge in [0.25, 0.3) is 0 Å². The molecule has 2 rings (SSSR count). The summed E-state index contributed by atoms with van der Waals surface area (Å²) < 4.78 is 11.4. The first-order valence-corrected chi connectivity index (χ1v) is 7.34. The Kier molecular flexibility index (Phi) is 4.30. The van der Waals surface area contributed by atoms with Gasteiger partial charge in [0.1, 0.15) is 17.6 Å². The summed E-state index contributed by atoms with van der Waals surface area (Å²) in [5.74, 6) is 1.50. The second kappa shape index (κ2) is 5.84. The Morgan fingerprint density at radius 2 is 2.14 bits per heavy atom. The van der Waals surface area contributed by atoms with Gasteiger partial charge in [-0.2, -0.15) is 0 Å². The molecule has 0 radical (unpaired) electrons. The number of carbonyl (C=O) groups is 1. The molecule has 1 aromatic rings. The van der Waals surface area contributed by atoms with E-state index >= 15 is 0 Å². The van der Waals surface area contributed by atoms with E-state index in [1.165, 1.54) is 0 Å². The Morgan fingerprint density at radius 3 is 2.76 bits per heavy atom. The monoisotopic (exact) mass is 292 g/mol. The molecule has 5 nitrogen and oxygen atoms in total. The number of benzene rings is 1. The van der Waals surface area contributed by atoms with Crippen molar-refractivity contribution in [3.05, 3.63) is 17.7 Å². The predicted octanol–water partition coefficient (Wildman–Crippen LogP) is 3.33. The van der Waals surface area contributed by atoms with Gasteiger partial charge in [0, 0.05) is 23.6 Å². The lowest BCUT2D eigenvalue weighted by molar-refractivity contribution is 0.243. The molecule has 0 bridgehead atoms. The van der Waals surface area contributed by atoms with Crippen molar-refractivity contribution in [1.29, 1.82) is 0 Å². The second-order valence-corrected chi connectivity index (χ2v) is 6.35. The SMILES string of the molecule is CCOc1cc2c(cc1NC(=O)NC(C)(C)C)OC(C)C2. The number of carbonyl (C=O) groups excluding carboxylic acids is 1. The Balaban J connectivity index is 2.21. The zero-order valence-electron chi connectivity index (χ0n) is 13.4. The van der Waals surface area contributed by atoms with Gasteiger partial charge in [-0.3, -0.25) is 0 Å². The molecule has 1 aromatic carbocycles. The summed E-state index contributed by atoms with van der Waals surface area (Å²) in [6.07, 6.45) is 1.03. The van der Waals surface area contributed by atoms with Crippen molar-refractivity contribution in [1.82, 2.24) is 5.32 Å². The Morgan fingerprint density at radius 1 is 1.43 bits per heavy atom. The van der Waals surface area contributed by atoms with Crippen LogP contribution in [0.2, 0.25) is 0 Å². The van der Waals surface area contributed by atoms with Crippen molar-refractivity contribution in [2.75, 3.05) is 11.9 Å². The molecule has 0 saturated carbocycles. The van der Waals surface area contributed by atoms with Crippen LogP contribution < -0.4 is 20.1 Å². The first-order valence-electron chi connectivity index (χ1n) is 7.34. The number of hydrogen-bond acceptors (Lipinski definition) is 3. The second-order valence-electron chi connectivity index (χ2n) is 6.35. The minimum absolute atomic E-state index is 0.160. The average Bonchev–Trinajstić information content (AvgIpc) is 2.66. The van der Waals surface area contributed by atoms with Crippen LogP contribution in [0.1, 0.15) is 40.2 Å². The number of ether oxygens (including phenoxy) is 2. The summed E-state index contributed by atoms with van der Waals surface area (Å²) in [5, 5.41) is 5.71. The van der Waals surface area contributed by atoms with Crippen LogP contribution in [0.15, 0.2) is 12.1 Å². The highest BCUT2D eigenvalue weighted by Crippen LogP contribution is 2.38. The molecule has 1 heterocycles. The largest absolute Gasteiger partial charge is 0.492 e. The molecule has 21 heavy (non-hydrogen) atoms. The number of nitrogens with one attached hydrogen (secondary N) is 2. The lowest BCUT2D eigenvalue weighted by atomic mass is 10.1. The topological polar surface area (TPSA) is 59.6 Å². The minimum Gasteiger partial charge on any atom is -0.492 e. The van der Waals surface area contributed by atoms with Gasteiger partial charge in [-0.1, -0.05) is 0 Å². The van der Waals surface area contributed by atoms with Crippen LogP contribution in [0.4, 0.5) is 10.5 Å². The molecule has 2 amide bonds. The van der Waals surface area contributed by atoms with Crippen LogP contribution in [-0.4, -0.2) is 24.3 Å². The first-order chi connectivity index (χ1) is 9.78. The maximum atomic E-state index is 12.0. The molecule has 1 aliphatic rings. The maximum absolute atomic E-state index is 12.0. The molecular weight excluding hydrogens is 268 g/mol. The van der Waals surface area contributed by atoms with Crippen molar-refractivity contribution in [3.8, 4) is 11.5 Å². The normalized spacial score (nSPS) is 16.9. The highest BCUT2D eigenvalue weighted by atomic mass is 16.5. The molecule has 0 fully saturated rings. The van der Waals surface area contributed by atoms with E-state index in [9.17, 15) is 4.79 Å². The highest BCUT2D eigenvalue weighted by molar-refractivity contribution is 5.91. The third-order valence-electron chi connectivity index (χ3n) is 3.03. The quantitative estimate of drug-likeness (QED) is 0.898. The molecule has 116 valence electrons. The Hall–Kier alpha value is -1.91. The van der Waals surface area contributed by atoms with Crippen molar-refractivity contribution < 1.29 is 14.3 Å². The standard InChI is InChI=1S/C16H24N2O3/c1-6-20-14-8-11-7-10(2)21-13(11)9-12(14)17-15(19)18-16(3,4)5/h8-10H,6-7H2,1-5H3,(H2,17,18,19). The lowest BCUT2D eigenvalue weighted by Gasteiger charge is -2.21. The van der Waals surface area contributed by atoms with E-state index in [1.54, 1.807) is 0 Å². The van der Waals surface area contributed by atoms with Crippen LogP contribution in [0, 0.1) is 0 Å². The summed E-state index contributed by atoms with van der Waals surface area (Å²) >= 11 is 0. The number of fused-ring (bicyclic) bond motifs is 1. The van der Waals surface area contributed by atoms with Gasteiger partial charge >= 0.3 is 6.03 Å². The van der Waals surface area contributed by atoms with Crippen LogP contribution >= 0.6 is 0 Å². The van der Waals surface area contributed by atoms with Gasteiger partial charge < -0.3 is 20.1 Å². The lowest BCUT2D eigenvalue weighted by Crippen LogP contribution is -2.43. The van der Waals surface area contributed by atoms with E-state index in [0.29, 0.717) is 18.0 Å². The third kappa shape index (κ3) is 4.03. The van der Waals surface area contributed by atoms with E-state index in [2.05, 4.69) is 10.6 Å². The van der Waals surface area contributed by atoms with Gasteiger partial charge in [-0.15, -0.1) is 0 Å². The average molecular weight is 292 g/mol. The zero-order valence-corrected chi connectivity index (χ0v) is 13.4. The van der Waals surface area contributed by atoms with Crippen LogP contribution in [0.5, 0.6) is 11.5 Å². The molecular formula is C16H24N2O3. The number of rotatable bonds is 3. The molecule has 0 spiro atoms. The fourth-order valence-electron chi connectivity index (χ4n) is 2.31. The van der Waals surface area contributed by atoms with E-state index in [1.807, 2.05) is 46.8 Å². The first kappa shape index (κ1) is 15.5. The van der Waals surface area contributed by atoms with E-state index in [0.717, 1.165) is 17.7 Å². The molecule has 0 saturated heterocycles. The van der Waals surface area contributed by atoms with Crippen LogP contribution in [0.3, 0.4) is 0 Å². The number of amides is 2. The highest BCUT2D eigenvalue weighted by Gasteiger charge is 2.23. The third-order valence-corrected chi connectivity index (χ3v) is 3.03. The van der Waals surface area contributed by atoms with E-state index in [4.69, 9.17) is 9.47 Å². The number of hydrogen-bond donors (Lipinski definition) is 2. The van der Waals surface area contributed by atoms with Crippen molar-refractivity contribution in [2.24, 2.45) is 0 Å². The van der Waals surface area contributed by atoms with Gasteiger partial charge in [-0.05, 0) is 40.7 Å². The molecule has 1 aliphatic heterocycles. The smallest absolute Gasteiger partial charge is 0.319 e. The summed E-state index contributed by atoms with van der Waals surface area (Å²) in [5.41, 5.74) is 1.46. The number of anilines is 1. The summed E-state index contributed by atoms with van der Waals surface area (Å²) in [4.78, 5) is 12.0. The van der Waals surface area contributed by atoms with Gasteiger partial charge in [0.15, 0.2) is 0 Å².